The van der Waals surface area contributed by atoms with Crippen molar-refractivity contribution >= 4 is 39.8 Å². The van der Waals surface area contributed by atoms with Gasteiger partial charge in [-0.2, -0.15) is 0 Å². The van der Waals surface area contributed by atoms with Gasteiger partial charge in [0.1, 0.15) is 0 Å². The Morgan fingerprint density at radius 1 is 1.25 bits per heavy atom. The summed E-state index contributed by atoms with van der Waals surface area (Å²) in [6, 6.07) is 0. The summed E-state index contributed by atoms with van der Waals surface area (Å²) in [4.78, 5) is 6.29. The topological polar surface area (TPSA) is 75.8 Å². The van der Waals surface area contributed by atoms with Gasteiger partial charge in [0.25, 0.3) is 0 Å². The number of hydrogen-bond acceptors (Lipinski definition) is 3. The van der Waals surface area contributed by atoms with Gasteiger partial charge in [-0.05, 0) is 37.5 Å². The molecule has 0 aromatic rings. The molecule has 7 heteroatoms. The van der Waals surface area contributed by atoms with E-state index in [2.05, 4.69) is 16.8 Å². The highest BCUT2D eigenvalue weighted by Gasteiger charge is 2.27. The van der Waals surface area contributed by atoms with Crippen molar-refractivity contribution in [2.75, 3.05) is 31.1 Å². The third-order valence-corrected chi connectivity index (χ3v) is 5.75. The molecule has 20 heavy (non-hydrogen) atoms. The lowest BCUT2D eigenvalue weighted by molar-refractivity contribution is 0.278. The molecule has 0 bridgehead atoms. The van der Waals surface area contributed by atoms with Crippen molar-refractivity contribution in [3.05, 3.63) is 0 Å². The van der Waals surface area contributed by atoms with Crippen molar-refractivity contribution in [3.63, 3.8) is 0 Å². The maximum Gasteiger partial charge on any atom is 0.191 e. The molecule has 0 radical (unpaired) electrons. The van der Waals surface area contributed by atoms with Gasteiger partial charge in [-0.25, -0.2) is 8.42 Å². The third-order valence-electron chi connectivity index (χ3n) is 3.97. The summed E-state index contributed by atoms with van der Waals surface area (Å²) in [5, 5.41) is 0. The number of piperidine rings is 1. The van der Waals surface area contributed by atoms with Gasteiger partial charge < -0.3 is 10.6 Å². The summed E-state index contributed by atoms with van der Waals surface area (Å²) in [6.07, 6.45) is 4.40. The van der Waals surface area contributed by atoms with E-state index < -0.39 is 9.84 Å². The van der Waals surface area contributed by atoms with E-state index in [4.69, 9.17) is 5.73 Å². The number of guanidine groups is 1. The second-order valence-corrected chi connectivity index (χ2v) is 8.20. The lowest BCUT2D eigenvalue weighted by Gasteiger charge is -2.31. The van der Waals surface area contributed by atoms with E-state index in [1.54, 1.807) is 0 Å². The largest absolute Gasteiger partial charge is 0.370 e. The summed E-state index contributed by atoms with van der Waals surface area (Å²) in [5.41, 5.74) is 5.92. The molecule has 1 aliphatic heterocycles. The van der Waals surface area contributed by atoms with Crippen LogP contribution in [0.3, 0.4) is 0 Å². The summed E-state index contributed by atoms with van der Waals surface area (Å²) < 4.78 is 23.5. The van der Waals surface area contributed by atoms with Crippen LogP contribution in [0, 0.1) is 11.8 Å². The number of nitrogens with two attached hydrogens (primary N) is 1. The van der Waals surface area contributed by atoms with E-state index in [0.29, 0.717) is 24.2 Å². The number of rotatable bonds is 5. The van der Waals surface area contributed by atoms with Crippen molar-refractivity contribution in [1.29, 1.82) is 0 Å². The van der Waals surface area contributed by atoms with Crippen LogP contribution >= 0.6 is 24.0 Å². The molecule has 2 rings (SSSR count). The van der Waals surface area contributed by atoms with Crippen LogP contribution in [0.4, 0.5) is 0 Å². The van der Waals surface area contributed by atoms with E-state index in [9.17, 15) is 8.42 Å². The van der Waals surface area contributed by atoms with E-state index >= 15 is 0 Å². The Labute approximate surface area is 139 Å². The quantitative estimate of drug-likeness (QED) is 0.419. The van der Waals surface area contributed by atoms with Gasteiger partial charge in [-0.3, -0.25) is 4.99 Å². The number of halogens is 1. The molecular weight excluding hydrogens is 389 g/mol. The molecule has 2 aliphatic rings. The highest BCUT2D eigenvalue weighted by molar-refractivity contribution is 14.0. The molecular formula is C13H26IN3O2S. The molecule has 1 aliphatic carbocycles. The average molecular weight is 415 g/mol. The molecule has 0 amide bonds. The number of sulfone groups is 1. The first-order valence-corrected chi connectivity index (χ1v) is 9.04. The molecule has 2 N–H and O–H groups in total. The zero-order valence-corrected chi connectivity index (χ0v) is 15.3. The van der Waals surface area contributed by atoms with Gasteiger partial charge >= 0.3 is 0 Å². The second-order valence-electron chi connectivity index (χ2n) is 5.97. The number of likely N-dealkylation sites (tertiary alicyclic amines) is 1. The Morgan fingerprint density at radius 3 is 2.40 bits per heavy atom. The van der Waals surface area contributed by atoms with Gasteiger partial charge in [-0.1, -0.05) is 6.92 Å². The zero-order chi connectivity index (χ0) is 13.9. The molecule has 0 aromatic heterocycles. The first-order chi connectivity index (χ1) is 8.96. The van der Waals surface area contributed by atoms with Gasteiger partial charge in [-0.15, -0.1) is 24.0 Å². The lowest BCUT2D eigenvalue weighted by atomic mass is 10.00. The average Bonchev–Trinajstić information content (AvgIpc) is 3.12. The van der Waals surface area contributed by atoms with Crippen LogP contribution in [-0.4, -0.2) is 50.4 Å². The Bertz CT molecular complexity index is 427. The molecule has 0 unspecified atom stereocenters. The predicted octanol–water partition coefficient (Wildman–Crippen LogP) is 1.48. The maximum absolute atomic E-state index is 11.8. The van der Waals surface area contributed by atoms with E-state index in [1.807, 2.05) is 0 Å². The van der Waals surface area contributed by atoms with E-state index in [-0.39, 0.29) is 29.7 Å². The van der Waals surface area contributed by atoms with Gasteiger partial charge in [0, 0.05) is 13.1 Å². The SMILES string of the molecule is CC1CCN(C(N)=NCCS(=O)(=O)CC2CC2)CC1.I. The molecule has 5 nitrogen and oxygen atoms in total. The second kappa shape index (κ2) is 7.82. The smallest absolute Gasteiger partial charge is 0.191 e. The summed E-state index contributed by atoms with van der Waals surface area (Å²) in [5.74, 6) is 2.14. The molecule has 1 heterocycles. The monoisotopic (exact) mass is 415 g/mol. The summed E-state index contributed by atoms with van der Waals surface area (Å²) in [6.45, 7) is 4.42. The van der Waals surface area contributed by atoms with Crippen LogP contribution in [0.2, 0.25) is 0 Å². The third kappa shape index (κ3) is 6.15. The molecule has 118 valence electrons. The minimum atomic E-state index is -2.93. The normalized spacial score (nSPS) is 21.6. The Hall–Kier alpha value is -0.0500. The Balaban J connectivity index is 0.00000200. The van der Waals surface area contributed by atoms with Crippen LogP contribution in [0.15, 0.2) is 4.99 Å². The minimum Gasteiger partial charge on any atom is -0.370 e. The number of hydrogen-bond donors (Lipinski definition) is 1. The maximum atomic E-state index is 11.8. The van der Waals surface area contributed by atoms with Crippen LogP contribution in [0.25, 0.3) is 0 Å². The molecule has 2 fully saturated rings. The predicted molar refractivity (Wildman–Crippen MR) is 93.3 cm³/mol. The highest BCUT2D eigenvalue weighted by Crippen LogP contribution is 2.30. The molecule has 1 saturated carbocycles. The lowest BCUT2D eigenvalue weighted by Crippen LogP contribution is -2.42. The molecule has 0 spiro atoms. The van der Waals surface area contributed by atoms with Crippen LogP contribution < -0.4 is 5.73 Å². The Morgan fingerprint density at radius 2 is 1.85 bits per heavy atom. The number of nitrogens with zero attached hydrogens (tertiary/aromatic N) is 2. The van der Waals surface area contributed by atoms with Crippen molar-refractivity contribution < 1.29 is 8.42 Å². The van der Waals surface area contributed by atoms with Crippen molar-refractivity contribution in [3.8, 4) is 0 Å². The minimum absolute atomic E-state index is 0. The van der Waals surface area contributed by atoms with Crippen molar-refractivity contribution in [2.45, 2.75) is 32.6 Å². The molecule has 0 atom stereocenters. The highest BCUT2D eigenvalue weighted by atomic mass is 127. The first kappa shape index (κ1) is 18.0. The number of aliphatic imine (C=N–C) groups is 1. The standard InChI is InChI=1S/C13H25N3O2S.HI/c1-11-4-7-16(8-5-11)13(14)15-6-9-19(17,18)10-12-2-3-12;/h11-12H,2-10H2,1H3,(H2,14,15);1H. The zero-order valence-electron chi connectivity index (χ0n) is 12.1. The molecule has 1 saturated heterocycles. The Kier molecular flexibility index (Phi) is 7.03. The van der Waals surface area contributed by atoms with Crippen LogP contribution in [-0.2, 0) is 9.84 Å². The summed E-state index contributed by atoms with van der Waals surface area (Å²) >= 11 is 0. The van der Waals surface area contributed by atoms with Gasteiger partial charge in [0.15, 0.2) is 15.8 Å². The summed E-state index contributed by atoms with van der Waals surface area (Å²) in [7, 11) is -2.93. The van der Waals surface area contributed by atoms with Crippen molar-refractivity contribution in [2.24, 2.45) is 22.6 Å². The van der Waals surface area contributed by atoms with E-state index in [1.165, 1.54) is 0 Å². The fraction of sp³-hybridized carbons (Fsp3) is 0.923. The first-order valence-electron chi connectivity index (χ1n) is 7.21. The van der Waals surface area contributed by atoms with Gasteiger partial charge in [0.2, 0.25) is 0 Å². The molecule has 0 aromatic carbocycles. The fourth-order valence-corrected chi connectivity index (χ4v) is 3.95. The van der Waals surface area contributed by atoms with Crippen LogP contribution in [0.5, 0.6) is 0 Å². The van der Waals surface area contributed by atoms with E-state index in [0.717, 1.165) is 44.7 Å². The van der Waals surface area contributed by atoms with Crippen molar-refractivity contribution in [1.82, 2.24) is 4.90 Å². The fourth-order valence-electron chi connectivity index (χ4n) is 2.36. The van der Waals surface area contributed by atoms with Gasteiger partial charge in [0.05, 0.1) is 18.1 Å². The van der Waals surface area contributed by atoms with Crippen LogP contribution in [0.1, 0.15) is 32.6 Å².